The van der Waals surface area contributed by atoms with Crippen LogP contribution in [0.1, 0.15) is 37.9 Å². The van der Waals surface area contributed by atoms with Gasteiger partial charge in [0.05, 0.1) is 17.6 Å². The Morgan fingerprint density at radius 3 is 2.56 bits per heavy atom. The molecule has 0 unspecified atom stereocenters. The summed E-state index contributed by atoms with van der Waals surface area (Å²) in [6.07, 6.45) is 5.07. The minimum Gasteiger partial charge on any atom is -0.237 e. The van der Waals surface area contributed by atoms with E-state index < -0.39 is 0 Å². The maximum Gasteiger partial charge on any atom is 0.0649 e. The van der Waals surface area contributed by atoms with E-state index in [0.717, 1.165) is 24.9 Å². The summed E-state index contributed by atoms with van der Waals surface area (Å²) in [6, 6.07) is 10.3. The maximum atomic E-state index is 4.52. The molecular weight excluding hydrogens is 220 g/mol. The van der Waals surface area contributed by atoms with Gasteiger partial charge in [0.1, 0.15) is 0 Å². The third-order valence-electron chi connectivity index (χ3n) is 3.14. The molecule has 0 amide bonds. The zero-order valence-electron chi connectivity index (χ0n) is 11.2. The molecule has 0 saturated heterocycles. The Morgan fingerprint density at radius 1 is 1.22 bits per heavy atom. The van der Waals surface area contributed by atoms with Gasteiger partial charge in [0.2, 0.25) is 0 Å². The fraction of sp³-hybridized carbons (Fsp3) is 0.312. The molecule has 0 N–H and O–H groups in total. The molecule has 2 nitrogen and oxygen atoms in total. The molecule has 2 rings (SSSR count). The number of aromatic nitrogens is 2. The molecule has 2 heteroatoms. The number of hydrogen-bond donors (Lipinski definition) is 0. The monoisotopic (exact) mass is 240 g/mol. The largest absolute Gasteiger partial charge is 0.237 e. The summed E-state index contributed by atoms with van der Waals surface area (Å²) in [5, 5.41) is 4.52. The summed E-state index contributed by atoms with van der Waals surface area (Å²) < 4.78 is 2.02. The lowest BCUT2D eigenvalue weighted by molar-refractivity contribution is 0.812. The lowest BCUT2D eigenvalue weighted by atomic mass is 10.0. The van der Waals surface area contributed by atoms with E-state index in [9.17, 15) is 0 Å². The predicted octanol–water partition coefficient (Wildman–Crippen LogP) is 4.25. The number of rotatable bonds is 5. The molecule has 18 heavy (non-hydrogen) atoms. The molecule has 0 bridgehead atoms. The van der Waals surface area contributed by atoms with Gasteiger partial charge in [-0.1, -0.05) is 45.0 Å². The summed E-state index contributed by atoms with van der Waals surface area (Å²) >= 11 is 0. The third kappa shape index (κ3) is 2.37. The number of allylic oxidation sites excluding steroid dienone is 1. The van der Waals surface area contributed by atoms with Gasteiger partial charge in [-0.05, 0) is 30.5 Å². The van der Waals surface area contributed by atoms with E-state index in [0.29, 0.717) is 0 Å². The Balaban J connectivity index is 2.42. The Bertz CT molecular complexity index is 523. The van der Waals surface area contributed by atoms with Gasteiger partial charge < -0.3 is 0 Å². The maximum absolute atomic E-state index is 4.52. The second kappa shape index (κ2) is 5.67. The fourth-order valence-electron chi connectivity index (χ4n) is 2.24. The van der Waals surface area contributed by atoms with Gasteiger partial charge in [0.15, 0.2) is 0 Å². The quantitative estimate of drug-likeness (QED) is 0.764. The van der Waals surface area contributed by atoms with Crippen LogP contribution in [0.4, 0.5) is 0 Å². The number of para-hydroxylation sites is 1. The van der Waals surface area contributed by atoms with Crippen LogP contribution in [0.25, 0.3) is 11.3 Å². The summed E-state index contributed by atoms with van der Waals surface area (Å²) in [5.74, 6) is 0. The lowest BCUT2D eigenvalue weighted by Gasteiger charge is -2.09. The van der Waals surface area contributed by atoms with Crippen LogP contribution < -0.4 is 0 Å². The van der Waals surface area contributed by atoms with Crippen LogP contribution in [-0.2, 0) is 6.42 Å². The van der Waals surface area contributed by atoms with Crippen molar-refractivity contribution in [3.63, 3.8) is 0 Å². The standard InChI is InChI=1S/C16H20N2/c1-4-9-13(3)15-12-17-18(16(15)5-2)14-10-7-6-8-11-14/h6-8,10-12H,3-5,9H2,1-2H3. The average Bonchev–Trinajstić information content (AvgIpc) is 2.83. The van der Waals surface area contributed by atoms with Crippen molar-refractivity contribution in [3.8, 4) is 5.69 Å². The second-order valence-electron chi connectivity index (χ2n) is 4.46. The van der Waals surface area contributed by atoms with E-state index in [4.69, 9.17) is 0 Å². The van der Waals surface area contributed by atoms with Crippen molar-refractivity contribution >= 4 is 5.57 Å². The first-order valence-corrected chi connectivity index (χ1v) is 6.58. The lowest BCUT2D eigenvalue weighted by Crippen LogP contribution is -2.02. The van der Waals surface area contributed by atoms with E-state index in [-0.39, 0.29) is 0 Å². The molecule has 0 aliphatic carbocycles. The van der Waals surface area contributed by atoms with Crippen LogP contribution in [0.3, 0.4) is 0 Å². The SMILES string of the molecule is C=C(CCC)c1cnn(-c2ccccc2)c1CC. The normalized spacial score (nSPS) is 10.6. The van der Waals surface area contributed by atoms with Crippen LogP contribution in [-0.4, -0.2) is 9.78 Å². The molecule has 0 spiro atoms. The molecule has 0 atom stereocenters. The summed E-state index contributed by atoms with van der Waals surface area (Å²) in [4.78, 5) is 0. The van der Waals surface area contributed by atoms with Gasteiger partial charge >= 0.3 is 0 Å². The Kier molecular flexibility index (Phi) is 3.98. The summed E-state index contributed by atoms with van der Waals surface area (Å²) in [5.41, 5.74) is 4.77. The first-order chi connectivity index (χ1) is 8.77. The van der Waals surface area contributed by atoms with Crippen LogP contribution in [0.5, 0.6) is 0 Å². The first kappa shape index (κ1) is 12.6. The van der Waals surface area contributed by atoms with Gasteiger partial charge in [0, 0.05) is 5.56 Å². The molecule has 0 aliphatic rings. The van der Waals surface area contributed by atoms with Crippen LogP contribution in [0.15, 0.2) is 43.1 Å². The molecule has 0 saturated carbocycles. The smallest absolute Gasteiger partial charge is 0.0649 e. The van der Waals surface area contributed by atoms with Gasteiger partial charge in [-0.15, -0.1) is 0 Å². The molecule has 0 fully saturated rings. The topological polar surface area (TPSA) is 17.8 Å². The van der Waals surface area contributed by atoms with Crippen molar-refractivity contribution in [1.29, 1.82) is 0 Å². The first-order valence-electron chi connectivity index (χ1n) is 6.58. The van der Waals surface area contributed by atoms with Crippen molar-refractivity contribution in [2.75, 3.05) is 0 Å². The number of benzene rings is 1. The second-order valence-corrected chi connectivity index (χ2v) is 4.46. The highest BCUT2D eigenvalue weighted by molar-refractivity contribution is 5.65. The summed E-state index contributed by atoms with van der Waals surface area (Å²) in [6.45, 7) is 8.52. The van der Waals surface area contributed by atoms with E-state index in [1.54, 1.807) is 0 Å². The van der Waals surface area contributed by atoms with Gasteiger partial charge in [0.25, 0.3) is 0 Å². The minimum absolute atomic E-state index is 0.965. The van der Waals surface area contributed by atoms with Gasteiger partial charge in [-0.2, -0.15) is 5.10 Å². The Labute approximate surface area is 109 Å². The highest BCUT2D eigenvalue weighted by atomic mass is 15.3. The van der Waals surface area contributed by atoms with Crippen LogP contribution in [0, 0.1) is 0 Å². The van der Waals surface area contributed by atoms with Crippen molar-refractivity contribution in [2.24, 2.45) is 0 Å². The van der Waals surface area contributed by atoms with Gasteiger partial charge in [-0.3, -0.25) is 0 Å². The number of hydrogen-bond acceptors (Lipinski definition) is 1. The Hall–Kier alpha value is -1.83. The van der Waals surface area contributed by atoms with E-state index in [2.05, 4.69) is 37.7 Å². The third-order valence-corrected chi connectivity index (χ3v) is 3.14. The van der Waals surface area contributed by atoms with Crippen LogP contribution in [0.2, 0.25) is 0 Å². The molecule has 1 heterocycles. The van der Waals surface area contributed by atoms with Crippen molar-refractivity contribution in [3.05, 3.63) is 54.4 Å². The predicted molar refractivity (Wildman–Crippen MR) is 76.9 cm³/mol. The zero-order chi connectivity index (χ0) is 13.0. The average molecular weight is 240 g/mol. The minimum atomic E-state index is 0.965. The molecule has 1 aromatic carbocycles. The number of nitrogens with zero attached hydrogens (tertiary/aromatic N) is 2. The highest BCUT2D eigenvalue weighted by Crippen LogP contribution is 2.24. The summed E-state index contributed by atoms with van der Waals surface area (Å²) in [7, 11) is 0. The van der Waals surface area contributed by atoms with E-state index in [1.165, 1.54) is 16.8 Å². The van der Waals surface area contributed by atoms with Crippen molar-refractivity contribution in [1.82, 2.24) is 9.78 Å². The molecule has 1 aromatic heterocycles. The Morgan fingerprint density at radius 2 is 1.94 bits per heavy atom. The van der Waals surface area contributed by atoms with E-state index >= 15 is 0 Å². The molecule has 0 aliphatic heterocycles. The zero-order valence-corrected chi connectivity index (χ0v) is 11.2. The fourth-order valence-corrected chi connectivity index (χ4v) is 2.24. The highest BCUT2D eigenvalue weighted by Gasteiger charge is 2.12. The molecule has 2 aromatic rings. The molecular formula is C16H20N2. The van der Waals surface area contributed by atoms with Crippen molar-refractivity contribution in [2.45, 2.75) is 33.1 Å². The molecule has 94 valence electrons. The van der Waals surface area contributed by atoms with Crippen molar-refractivity contribution < 1.29 is 0 Å². The van der Waals surface area contributed by atoms with E-state index in [1.807, 2.05) is 29.1 Å². The molecule has 0 radical (unpaired) electrons. The van der Waals surface area contributed by atoms with Crippen LogP contribution >= 0.6 is 0 Å². The van der Waals surface area contributed by atoms with Gasteiger partial charge in [-0.25, -0.2) is 4.68 Å².